The first-order valence-corrected chi connectivity index (χ1v) is 10.3. The smallest absolute Gasteiger partial charge is 0.337 e. The molecular weight excluding hydrogens is 406 g/mol. The van der Waals surface area contributed by atoms with Crippen molar-refractivity contribution < 1.29 is 19.5 Å². The van der Waals surface area contributed by atoms with Crippen LogP contribution >= 0.6 is 0 Å². The number of hydrogen-bond acceptors (Lipinski definition) is 5. The molecular formula is C25H23N3O4. The summed E-state index contributed by atoms with van der Waals surface area (Å²) in [7, 11) is 0. The summed E-state index contributed by atoms with van der Waals surface area (Å²) in [4.78, 5) is 21.5. The van der Waals surface area contributed by atoms with E-state index in [0.717, 1.165) is 17.5 Å². The number of carboxylic acids is 1. The van der Waals surface area contributed by atoms with Crippen LogP contribution in [0.2, 0.25) is 0 Å². The lowest BCUT2D eigenvalue weighted by atomic mass is 10.1. The summed E-state index contributed by atoms with van der Waals surface area (Å²) in [5.41, 5.74) is 5.48. The van der Waals surface area contributed by atoms with Crippen molar-refractivity contribution in [3.8, 4) is 11.6 Å². The van der Waals surface area contributed by atoms with E-state index in [-0.39, 0.29) is 5.56 Å². The highest BCUT2D eigenvalue weighted by Crippen LogP contribution is 2.26. The lowest BCUT2D eigenvalue weighted by Crippen LogP contribution is -2.14. The second-order valence-electron chi connectivity index (χ2n) is 7.06. The molecule has 0 unspecified atom stereocenters. The molecule has 0 saturated heterocycles. The minimum Gasteiger partial charge on any atom is -0.478 e. The summed E-state index contributed by atoms with van der Waals surface area (Å²) in [5.74, 6) is 0.136. The molecule has 4 rings (SSSR count). The summed E-state index contributed by atoms with van der Waals surface area (Å²) in [6.45, 7) is 2.54. The van der Waals surface area contributed by atoms with Gasteiger partial charge in [-0.15, -0.1) is 0 Å². The van der Waals surface area contributed by atoms with Gasteiger partial charge in [-0.3, -0.25) is 10.3 Å². The van der Waals surface area contributed by atoms with Gasteiger partial charge in [0.1, 0.15) is 5.75 Å². The van der Waals surface area contributed by atoms with Gasteiger partial charge in [-0.25, -0.2) is 9.78 Å². The molecule has 0 spiro atoms. The van der Waals surface area contributed by atoms with Crippen LogP contribution in [0.1, 0.15) is 29.3 Å². The van der Waals surface area contributed by atoms with Crippen molar-refractivity contribution in [1.82, 2.24) is 15.0 Å². The number of para-hydroxylation sites is 1. The molecule has 0 saturated carbocycles. The number of nitrogens with one attached hydrogen (secondary N) is 1. The van der Waals surface area contributed by atoms with Gasteiger partial charge >= 0.3 is 5.97 Å². The van der Waals surface area contributed by atoms with Crippen LogP contribution < -0.4 is 10.2 Å². The van der Waals surface area contributed by atoms with E-state index in [9.17, 15) is 9.90 Å². The van der Waals surface area contributed by atoms with Gasteiger partial charge in [-0.05, 0) is 30.7 Å². The number of aromatic nitrogens is 2. The molecule has 0 bridgehead atoms. The largest absolute Gasteiger partial charge is 0.478 e. The van der Waals surface area contributed by atoms with E-state index < -0.39 is 5.97 Å². The lowest BCUT2D eigenvalue weighted by Gasteiger charge is -2.13. The maximum absolute atomic E-state index is 11.7. The summed E-state index contributed by atoms with van der Waals surface area (Å²) < 4.78 is 7.64. The average molecular weight is 429 g/mol. The van der Waals surface area contributed by atoms with E-state index in [4.69, 9.17) is 9.57 Å². The number of fused-ring (bicyclic) bond motifs is 1. The fourth-order valence-corrected chi connectivity index (χ4v) is 3.27. The molecule has 7 heteroatoms. The molecule has 0 radical (unpaired) electrons. The maximum Gasteiger partial charge on any atom is 0.337 e. The Kier molecular flexibility index (Phi) is 6.48. The number of nitrogens with zero attached hydrogens (tertiary/aromatic N) is 2. The molecule has 0 aliphatic heterocycles. The number of pyridine rings is 1. The first-order valence-electron chi connectivity index (χ1n) is 10.3. The van der Waals surface area contributed by atoms with Crippen molar-refractivity contribution in [2.45, 2.75) is 13.3 Å². The van der Waals surface area contributed by atoms with Crippen molar-refractivity contribution in [2.24, 2.45) is 0 Å². The van der Waals surface area contributed by atoms with Gasteiger partial charge in [-0.2, -0.15) is 0 Å². The van der Waals surface area contributed by atoms with Gasteiger partial charge in [-0.1, -0.05) is 43.3 Å². The van der Waals surface area contributed by atoms with Gasteiger partial charge in [0.2, 0.25) is 5.88 Å². The van der Waals surface area contributed by atoms with Crippen molar-refractivity contribution in [3.63, 3.8) is 0 Å². The Labute approximate surface area is 185 Å². The Morgan fingerprint density at radius 1 is 1.12 bits per heavy atom. The van der Waals surface area contributed by atoms with Crippen LogP contribution in [0.4, 0.5) is 0 Å². The molecule has 32 heavy (non-hydrogen) atoms. The zero-order valence-corrected chi connectivity index (χ0v) is 17.6. The molecule has 0 atom stereocenters. The zero-order chi connectivity index (χ0) is 22.3. The molecule has 162 valence electrons. The van der Waals surface area contributed by atoms with Crippen LogP contribution in [0.25, 0.3) is 22.8 Å². The molecule has 2 heterocycles. The molecule has 0 amide bonds. The number of hydroxylamine groups is 1. The number of carbonyl (C=O) groups is 1. The highest BCUT2D eigenvalue weighted by Gasteiger charge is 2.14. The van der Waals surface area contributed by atoms with E-state index in [2.05, 4.69) is 10.5 Å². The van der Waals surface area contributed by atoms with Gasteiger partial charge in [0.15, 0.2) is 0 Å². The Morgan fingerprint density at radius 3 is 2.75 bits per heavy atom. The number of hydrogen-bond donors (Lipinski definition) is 2. The predicted octanol–water partition coefficient (Wildman–Crippen LogP) is 5.41. The van der Waals surface area contributed by atoms with E-state index >= 15 is 0 Å². The molecule has 7 nitrogen and oxygen atoms in total. The molecule has 0 fully saturated rings. The zero-order valence-electron chi connectivity index (χ0n) is 17.6. The number of aromatic carboxylic acids is 1. The third kappa shape index (κ3) is 4.79. The SMILES string of the molecule is CCCONC(=Cn1cc(C(=O)O)c2ccccc21)c1cccc(Oc2ccccn2)c1. The van der Waals surface area contributed by atoms with Crippen molar-refractivity contribution in [2.75, 3.05) is 6.61 Å². The standard InChI is InChI=1S/C25H23N3O4/c1-2-14-31-27-22(17-28-16-21(25(29)30)20-10-3-4-11-23(20)28)18-8-7-9-19(15-18)32-24-12-5-6-13-26-24/h3-13,15-17,27H,2,14H2,1H3,(H,29,30). The summed E-state index contributed by atoms with van der Waals surface area (Å²) in [5, 5.41) is 10.3. The van der Waals surface area contributed by atoms with Crippen LogP contribution in [0, 0.1) is 0 Å². The molecule has 4 aromatic rings. The van der Waals surface area contributed by atoms with Crippen LogP contribution in [-0.2, 0) is 4.84 Å². The fourth-order valence-electron chi connectivity index (χ4n) is 3.27. The van der Waals surface area contributed by atoms with Gasteiger partial charge in [0.25, 0.3) is 0 Å². The minimum atomic E-state index is -0.976. The third-order valence-corrected chi connectivity index (χ3v) is 4.73. The second kappa shape index (κ2) is 9.80. The van der Waals surface area contributed by atoms with E-state index in [1.807, 2.05) is 67.7 Å². The minimum absolute atomic E-state index is 0.234. The quantitative estimate of drug-likeness (QED) is 0.273. The Morgan fingerprint density at radius 2 is 1.97 bits per heavy atom. The normalized spacial score (nSPS) is 11.5. The Hall–Kier alpha value is -4.10. The molecule has 0 aliphatic carbocycles. The number of benzene rings is 2. The lowest BCUT2D eigenvalue weighted by molar-refractivity contribution is 0.0699. The molecule has 2 aromatic carbocycles. The Balaban J connectivity index is 1.74. The highest BCUT2D eigenvalue weighted by molar-refractivity contribution is 6.04. The van der Waals surface area contributed by atoms with Crippen LogP contribution in [0.15, 0.2) is 79.1 Å². The van der Waals surface area contributed by atoms with Crippen molar-refractivity contribution >= 4 is 28.8 Å². The van der Waals surface area contributed by atoms with Gasteiger partial charge in [0.05, 0.1) is 23.4 Å². The van der Waals surface area contributed by atoms with Crippen LogP contribution in [-0.4, -0.2) is 27.2 Å². The summed E-state index contributed by atoms with van der Waals surface area (Å²) in [6, 6.07) is 20.3. The Bertz CT molecular complexity index is 1250. The summed E-state index contributed by atoms with van der Waals surface area (Å²) in [6.07, 6.45) is 5.92. The number of carboxylic acid groups (broad SMARTS) is 1. The second-order valence-corrected chi connectivity index (χ2v) is 7.06. The maximum atomic E-state index is 11.7. The first kappa shape index (κ1) is 21.1. The van der Waals surface area contributed by atoms with Gasteiger partial charge in [0, 0.05) is 35.6 Å². The average Bonchev–Trinajstić information content (AvgIpc) is 3.18. The van der Waals surface area contributed by atoms with E-state index in [1.165, 1.54) is 0 Å². The molecule has 2 N–H and O–H groups in total. The van der Waals surface area contributed by atoms with Crippen LogP contribution in [0.3, 0.4) is 0 Å². The van der Waals surface area contributed by atoms with Crippen LogP contribution in [0.5, 0.6) is 11.6 Å². The summed E-state index contributed by atoms with van der Waals surface area (Å²) >= 11 is 0. The van der Waals surface area contributed by atoms with Gasteiger partial charge < -0.3 is 14.4 Å². The molecule has 2 aromatic heterocycles. The van der Waals surface area contributed by atoms with Crippen molar-refractivity contribution in [3.05, 3.63) is 90.3 Å². The fraction of sp³-hybridized carbons (Fsp3) is 0.120. The van der Waals surface area contributed by atoms with E-state index in [1.54, 1.807) is 29.1 Å². The van der Waals surface area contributed by atoms with E-state index in [0.29, 0.717) is 29.3 Å². The number of rotatable bonds is 9. The third-order valence-electron chi connectivity index (χ3n) is 4.73. The van der Waals surface area contributed by atoms with Crippen molar-refractivity contribution in [1.29, 1.82) is 0 Å². The topological polar surface area (TPSA) is 85.6 Å². The highest BCUT2D eigenvalue weighted by atomic mass is 16.6. The number of ether oxygens (including phenoxy) is 1. The molecule has 0 aliphatic rings. The monoisotopic (exact) mass is 429 g/mol. The first-order chi connectivity index (χ1) is 15.7. The predicted molar refractivity (Wildman–Crippen MR) is 123 cm³/mol.